The standard InChI is InChI=1S/C15H27NO3/c1-3-5-7-13(6-4-2)16-14(17)11-8-9-12(10-11)15(18)19/h11-13H,3-10H2,1-2H3,(H,16,17)(H,18,19). The maximum absolute atomic E-state index is 12.2. The quantitative estimate of drug-likeness (QED) is 0.712. The second-order valence-corrected chi connectivity index (χ2v) is 5.68. The number of rotatable bonds is 8. The molecule has 110 valence electrons. The predicted molar refractivity (Wildman–Crippen MR) is 74.8 cm³/mol. The van der Waals surface area contributed by atoms with E-state index in [1.54, 1.807) is 0 Å². The highest BCUT2D eigenvalue weighted by Gasteiger charge is 2.34. The van der Waals surface area contributed by atoms with E-state index in [9.17, 15) is 9.59 Å². The molecule has 0 aliphatic heterocycles. The number of carboxylic acid groups (broad SMARTS) is 1. The van der Waals surface area contributed by atoms with Gasteiger partial charge in [0.2, 0.25) is 5.91 Å². The largest absolute Gasteiger partial charge is 0.481 e. The molecule has 4 nitrogen and oxygen atoms in total. The van der Waals surface area contributed by atoms with Gasteiger partial charge in [-0.1, -0.05) is 33.1 Å². The van der Waals surface area contributed by atoms with Gasteiger partial charge in [-0.2, -0.15) is 0 Å². The van der Waals surface area contributed by atoms with Gasteiger partial charge in [0.1, 0.15) is 0 Å². The zero-order valence-electron chi connectivity index (χ0n) is 12.2. The molecule has 0 bridgehead atoms. The number of aliphatic carboxylic acids is 1. The molecular weight excluding hydrogens is 242 g/mol. The molecule has 3 atom stereocenters. The van der Waals surface area contributed by atoms with Crippen LogP contribution in [-0.4, -0.2) is 23.0 Å². The summed E-state index contributed by atoms with van der Waals surface area (Å²) in [6.45, 7) is 4.28. The molecule has 0 spiro atoms. The van der Waals surface area contributed by atoms with Crippen molar-refractivity contribution in [1.29, 1.82) is 0 Å². The molecule has 2 N–H and O–H groups in total. The number of carboxylic acids is 1. The van der Waals surface area contributed by atoms with Crippen LogP contribution < -0.4 is 5.32 Å². The van der Waals surface area contributed by atoms with Gasteiger partial charge in [-0.05, 0) is 32.1 Å². The van der Waals surface area contributed by atoms with Crippen molar-refractivity contribution >= 4 is 11.9 Å². The molecule has 0 heterocycles. The van der Waals surface area contributed by atoms with E-state index in [1.807, 2.05) is 0 Å². The summed E-state index contributed by atoms with van der Waals surface area (Å²) in [7, 11) is 0. The fourth-order valence-electron chi connectivity index (χ4n) is 2.85. The normalized spacial score (nSPS) is 24.1. The van der Waals surface area contributed by atoms with Gasteiger partial charge in [0.25, 0.3) is 0 Å². The number of carbonyl (C=O) groups excluding carboxylic acids is 1. The van der Waals surface area contributed by atoms with Gasteiger partial charge in [0, 0.05) is 12.0 Å². The van der Waals surface area contributed by atoms with Crippen molar-refractivity contribution in [3.05, 3.63) is 0 Å². The maximum Gasteiger partial charge on any atom is 0.306 e. The summed E-state index contributed by atoms with van der Waals surface area (Å²) in [5.41, 5.74) is 0. The zero-order valence-corrected chi connectivity index (χ0v) is 12.2. The van der Waals surface area contributed by atoms with Gasteiger partial charge in [-0.3, -0.25) is 9.59 Å². The molecule has 1 fully saturated rings. The Morgan fingerprint density at radius 1 is 1.16 bits per heavy atom. The summed E-state index contributed by atoms with van der Waals surface area (Å²) in [5, 5.41) is 12.1. The second-order valence-electron chi connectivity index (χ2n) is 5.68. The summed E-state index contributed by atoms with van der Waals surface area (Å²) >= 11 is 0. The van der Waals surface area contributed by atoms with Crippen LogP contribution in [0.15, 0.2) is 0 Å². The Balaban J connectivity index is 2.41. The SMILES string of the molecule is CCCCC(CCC)NC(=O)C1CCC(C(=O)O)C1. The fourth-order valence-corrected chi connectivity index (χ4v) is 2.85. The van der Waals surface area contributed by atoms with Crippen LogP contribution in [0.1, 0.15) is 65.2 Å². The number of unbranched alkanes of at least 4 members (excludes halogenated alkanes) is 1. The lowest BCUT2D eigenvalue weighted by Gasteiger charge is -2.20. The van der Waals surface area contributed by atoms with Crippen LogP contribution in [0.3, 0.4) is 0 Å². The molecule has 0 aromatic heterocycles. The van der Waals surface area contributed by atoms with Crippen LogP contribution in [0.4, 0.5) is 0 Å². The van der Waals surface area contributed by atoms with Crippen molar-refractivity contribution in [1.82, 2.24) is 5.32 Å². The summed E-state index contributed by atoms with van der Waals surface area (Å²) in [6, 6.07) is 0.265. The molecule has 1 amide bonds. The molecule has 1 aliphatic carbocycles. The molecule has 1 saturated carbocycles. The molecule has 1 aliphatic rings. The van der Waals surface area contributed by atoms with Crippen molar-refractivity contribution in [3.8, 4) is 0 Å². The molecule has 0 saturated heterocycles. The Kier molecular flexibility index (Phi) is 6.89. The molecule has 3 unspecified atom stereocenters. The zero-order chi connectivity index (χ0) is 14.3. The third-order valence-electron chi connectivity index (χ3n) is 4.04. The van der Waals surface area contributed by atoms with Crippen molar-refractivity contribution < 1.29 is 14.7 Å². The number of hydrogen-bond acceptors (Lipinski definition) is 2. The molecule has 0 aromatic carbocycles. The Labute approximate surface area is 116 Å². The molecular formula is C15H27NO3. The topological polar surface area (TPSA) is 66.4 Å². The minimum absolute atomic E-state index is 0.0679. The summed E-state index contributed by atoms with van der Waals surface area (Å²) in [6.07, 6.45) is 7.25. The van der Waals surface area contributed by atoms with E-state index in [-0.39, 0.29) is 23.8 Å². The van der Waals surface area contributed by atoms with E-state index in [4.69, 9.17) is 5.11 Å². The van der Waals surface area contributed by atoms with E-state index in [0.717, 1.165) is 38.5 Å². The van der Waals surface area contributed by atoms with E-state index in [0.29, 0.717) is 12.8 Å². The predicted octanol–water partition coefficient (Wildman–Crippen LogP) is 2.96. The van der Waals surface area contributed by atoms with Gasteiger partial charge in [0.15, 0.2) is 0 Å². The van der Waals surface area contributed by atoms with Gasteiger partial charge < -0.3 is 10.4 Å². The second kappa shape index (κ2) is 8.18. The lowest BCUT2D eigenvalue weighted by molar-refractivity contribution is -0.141. The number of amides is 1. The minimum atomic E-state index is -0.758. The van der Waals surface area contributed by atoms with Crippen molar-refractivity contribution in [2.45, 2.75) is 71.3 Å². The summed E-state index contributed by atoms with van der Waals surface area (Å²) in [4.78, 5) is 23.1. The first-order valence-electron chi connectivity index (χ1n) is 7.61. The van der Waals surface area contributed by atoms with E-state index in [2.05, 4.69) is 19.2 Å². The van der Waals surface area contributed by atoms with E-state index >= 15 is 0 Å². The van der Waals surface area contributed by atoms with Gasteiger partial charge in [0.05, 0.1) is 5.92 Å². The van der Waals surface area contributed by atoms with E-state index < -0.39 is 5.97 Å². The first-order chi connectivity index (χ1) is 9.08. The first-order valence-corrected chi connectivity index (χ1v) is 7.61. The van der Waals surface area contributed by atoms with Crippen LogP contribution in [0.2, 0.25) is 0 Å². The Hall–Kier alpha value is -1.06. The minimum Gasteiger partial charge on any atom is -0.481 e. The molecule has 4 heteroatoms. The smallest absolute Gasteiger partial charge is 0.306 e. The highest BCUT2D eigenvalue weighted by Crippen LogP contribution is 2.31. The van der Waals surface area contributed by atoms with E-state index in [1.165, 1.54) is 0 Å². The van der Waals surface area contributed by atoms with Crippen molar-refractivity contribution in [2.24, 2.45) is 11.8 Å². The number of hydrogen-bond donors (Lipinski definition) is 2. The lowest BCUT2D eigenvalue weighted by Crippen LogP contribution is -2.38. The molecule has 0 radical (unpaired) electrons. The van der Waals surface area contributed by atoms with Crippen LogP contribution in [0, 0.1) is 11.8 Å². The van der Waals surface area contributed by atoms with Crippen LogP contribution in [0.5, 0.6) is 0 Å². The van der Waals surface area contributed by atoms with Crippen molar-refractivity contribution in [3.63, 3.8) is 0 Å². The molecule has 0 aromatic rings. The van der Waals surface area contributed by atoms with Crippen LogP contribution in [-0.2, 0) is 9.59 Å². The van der Waals surface area contributed by atoms with Gasteiger partial charge in [-0.15, -0.1) is 0 Å². The third kappa shape index (κ3) is 5.21. The summed E-state index contributed by atoms with van der Waals surface area (Å²) < 4.78 is 0. The first kappa shape index (κ1) is 16.0. The Bertz CT molecular complexity index is 304. The maximum atomic E-state index is 12.2. The highest BCUT2D eigenvalue weighted by atomic mass is 16.4. The lowest BCUT2D eigenvalue weighted by atomic mass is 10.0. The fraction of sp³-hybridized carbons (Fsp3) is 0.867. The third-order valence-corrected chi connectivity index (χ3v) is 4.04. The summed E-state index contributed by atoms with van der Waals surface area (Å²) in [5.74, 6) is -1.11. The number of carbonyl (C=O) groups is 2. The van der Waals surface area contributed by atoms with Gasteiger partial charge in [-0.25, -0.2) is 0 Å². The monoisotopic (exact) mass is 269 g/mol. The number of nitrogens with one attached hydrogen (secondary N) is 1. The Morgan fingerprint density at radius 3 is 2.37 bits per heavy atom. The highest BCUT2D eigenvalue weighted by molar-refractivity contribution is 5.81. The molecule has 19 heavy (non-hydrogen) atoms. The Morgan fingerprint density at radius 2 is 1.84 bits per heavy atom. The average Bonchev–Trinajstić information content (AvgIpc) is 2.86. The van der Waals surface area contributed by atoms with Crippen molar-refractivity contribution in [2.75, 3.05) is 0 Å². The average molecular weight is 269 g/mol. The van der Waals surface area contributed by atoms with Crippen LogP contribution in [0.25, 0.3) is 0 Å². The van der Waals surface area contributed by atoms with Gasteiger partial charge >= 0.3 is 5.97 Å². The molecule has 1 rings (SSSR count). The van der Waals surface area contributed by atoms with Crippen LogP contribution >= 0.6 is 0 Å².